The van der Waals surface area contributed by atoms with Crippen molar-refractivity contribution in [3.05, 3.63) is 89.4 Å². The molecule has 4 N–H and O–H groups in total. The molecule has 1 aliphatic rings. The maximum atomic E-state index is 5.47. The zero-order valence-corrected chi connectivity index (χ0v) is 22.1. The fraction of sp³-hybridized carbons (Fsp3) is 0.250. The van der Waals surface area contributed by atoms with Crippen LogP contribution in [0.25, 0.3) is 0 Å². The molecular weight excluding hydrogens is 454 g/mol. The molecule has 0 fully saturated rings. The first-order valence-corrected chi connectivity index (χ1v) is 12.5. The van der Waals surface area contributed by atoms with Gasteiger partial charge < -0.3 is 25.4 Å². The summed E-state index contributed by atoms with van der Waals surface area (Å²) in [6.45, 7) is 6.35. The van der Waals surface area contributed by atoms with Gasteiger partial charge in [0.25, 0.3) is 0 Å². The third-order valence-corrected chi connectivity index (χ3v) is 6.42. The summed E-state index contributed by atoms with van der Waals surface area (Å²) in [6, 6.07) is 14.2. The Labute approximate surface area is 213 Å². The largest absolute Gasteiger partial charge is 0.497 e. The van der Waals surface area contributed by atoms with Crippen LogP contribution in [0.15, 0.2) is 99.3 Å². The van der Waals surface area contributed by atoms with Gasteiger partial charge in [0.2, 0.25) is 0 Å². The second kappa shape index (κ2) is 12.8. The summed E-state index contributed by atoms with van der Waals surface area (Å²) >= 11 is 1.53. The number of anilines is 3. The Hall–Kier alpha value is -3.58. The van der Waals surface area contributed by atoms with Crippen molar-refractivity contribution in [2.24, 2.45) is 4.99 Å². The fourth-order valence-electron chi connectivity index (χ4n) is 3.46. The Morgan fingerprint density at radius 3 is 2.40 bits per heavy atom. The maximum absolute atomic E-state index is 5.47. The van der Waals surface area contributed by atoms with Crippen molar-refractivity contribution in [3.63, 3.8) is 0 Å². The summed E-state index contributed by atoms with van der Waals surface area (Å²) in [5.74, 6) is 1.52. The van der Waals surface area contributed by atoms with Gasteiger partial charge in [0.15, 0.2) is 5.82 Å². The smallest absolute Gasteiger partial charge is 0.156 e. The van der Waals surface area contributed by atoms with Crippen LogP contribution >= 0.6 is 11.9 Å². The van der Waals surface area contributed by atoms with Crippen LogP contribution in [0.5, 0.6) is 5.75 Å². The number of aliphatic imine (C=N–C) groups is 1. The quantitative estimate of drug-likeness (QED) is 0.270. The Kier molecular flexibility index (Phi) is 9.49. The summed E-state index contributed by atoms with van der Waals surface area (Å²) in [5.41, 5.74) is 7.21. The van der Waals surface area contributed by atoms with E-state index in [1.165, 1.54) is 17.5 Å². The minimum absolute atomic E-state index is 0.745. The van der Waals surface area contributed by atoms with E-state index in [2.05, 4.69) is 64.9 Å². The van der Waals surface area contributed by atoms with E-state index in [4.69, 9.17) is 9.73 Å². The monoisotopic (exact) mass is 489 g/mol. The minimum Gasteiger partial charge on any atom is -0.497 e. The van der Waals surface area contributed by atoms with E-state index in [1.807, 2.05) is 57.4 Å². The molecule has 0 amide bonds. The highest BCUT2D eigenvalue weighted by Gasteiger charge is 2.12. The van der Waals surface area contributed by atoms with Gasteiger partial charge >= 0.3 is 0 Å². The zero-order valence-electron chi connectivity index (χ0n) is 21.3. The molecule has 0 heterocycles. The fourth-order valence-corrected chi connectivity index (χ4v) is 4.20. The second-order valence-electron chi connectivity index (χ2n) is 8.04. The molecule has 0 radical (unpaired) electrons. The summed E-state index contributed by atoms with van der Waals surface area (Å²) < 4.78 is 8.95. The number of ether oxygens (including phenoxy) is 1. The first kappa shape index (κ1) is 26.0. The van der Waals surface area contributed by atoms with Gasteiger partial charge in [-0.1, -0.05) is 36.8 Å². The minimum atomic E-state index is 0.745. The predicted molar refractivity (Wildman–Crippen MR) is 153 cm³/mol. The van der Waals surface area contributed by atoms with Crippen molar-refractivity contribution >= 4 is 34.7 Å². The van der Waals surface area contributed by atoms with E-state index >= 15 is 0 Å². The van der Waals surface area contributed by atoms with Crippen LogP contribution in [0.1, 0.15) is 27.2 Å². The van der Waals surface area contributed by atoms with Crippen molar-refractivity contribution in [1.82, 2.24) is 4.72 Å². The number of methoxy groups -OCH3 is 1. The highest BCUT2D eigenvalue weighted by Crippen LogP contribution is 2.27. The summed E-state index contributed by atoms with van der Waals surface area (Å²) in [6.07, 6.45) is 9.24. The summed E-state index contributed by atoms with van der Waals surface area (Å²) in [7, 11) is 5.48. The van der Waals surface area contributed by atoms with Crippen molar-refractivity contribution in [1.29, 1.82) is 0 Å². The third kappa shape index (κ3) is 7.20. The van der Waals surface area contributed by atoms with E-state index in [-0.39, 0.29) is 0 Å². The standard InChI is InChI=1S/C28H35N5OS/c1-7-19(2)26-13-8-9-14-27(26)32-28(33-35-25-12-10-11-21(18-25)29-4)20(3)31-23-15-22(30-5)16-24(17-23)34-6/h8-18,29-31,33H,7H2,1-6H3/b26-19+,28-20-,32-27-. The molecule has 35 heavy (non-hydrogen) atoms. The molecule has 0 spiro atoms. The third-order valence-electron chi connectivity index (χ3n) is 5.63. The zero-order chi connectivity index (χ0) is 25.2. The van der Waals surface area contributed by atoms with Crippen LogP contribution in [0.4, 0.5) is 17.1 Å². The number of nitrogens with zero attached hydrogens (tertiary/aromatic N) is 1. The van der Waals surface area contributed by atoms with Crippen LogP contribution in [0.2, 0.25) is 0 Å². The maximum Gasteiger partial charge on any atom is 0.156 e. The Balaban J connectivity index is 2.00. The molecule has 0 saturated carbocycles. The normalized spacial score (nSPS) is 16.0. The van der Waals surface area contributed by atoms with E-state index in [0.29, 0.717) is 0 Å². The lowest BCUT2D eigenvalue weighted by Gasteiger charge is -2.17. The van der Waals surface area contributed by atoms with Gasteiger partial charge in [-0.15, -0.1) is 0 Å². The van der Waals surface area contributed by atoms with Gasteiger partial charge in [-0.25, -0.2) is 4.99 Å². The second-order valence-corrected chi connectivity index (χ2v) is 8.92. The van der Waals surface area contributed by atoms with Crippen molar-refractivity contribution in [2.45, 2.75) is 32.1 Å². The first-order chi connectivity index (χ1) is 17.0. The topological polar surface area (TPSA) is 69.7 Å². The van der Waals surface area contributed by atoms with Gasteiger partial charge in [0.1, 0.15) is 5.75 Å². The van der Waals surface area contributed by atoms with E-state index < -0.39 is 0 Å². The molecule has 0 bridgehead atoms. The molecule has 2 aromatic rings. The molecule has 0 aliphatic heterocycles. The molecule has 3 rings (SSSR count). The van der Waals surface area contributed by atoms with Crippen LogP contribution in [0, 0.1) is 0 Å². The van der Waals surface area contributed by atoms with Crippen LogP contribution in [-0.4, -0.2) is 26.9 Å². The lowest BCUT2D eigenvalue weighted by Crippen LogP contribution is -2.13. The Morgan fingerprint density at radius 2 is 1.69 bits per heavy atom. The molecule has 0 aromatic heterocycles. The average molecular weight is 490 g/mol. The Bertz CT molecular complexity index is 1170. The number of hydrogen-bond donors (Lipinski definition) is 4. The average Bonchev–Trinajstić information content (AvgIpc) is 2.90. The SMILES string of the molecule is CC\C(C)=C1/C=CC=C/C1=N/C(NSc1cccc(NC)c1)=C(\C)Nc1cc(NC)cc(OC)c1. The van der Waals surface area contributed by atoms with Crippen molar-refractivity contribution in [2.75, 3.05) is 37.2 Å². The van der Waals surface area contributed by atoms with Gasteiger partial charge in [-0.05, 0) is 68.1 Å². The summed E-state index contributed by atoms with van der Waals surface area (Å²) in [4.78, 5) is 6.15. The van der Waals surface area contributed by atoms with Crippen LogP contribution < -0.4 is 25.4 Å². The molecule has 1 aliphatic carbocycles. The number of allylic oxidation sites excluding steroid dienone is 7. The molecule has 0 unspecified atom stereocenters. The molecule has 7 heteroatoms. The Morgan fingerprint density at radius 1 is 0.943 bits per heavy atom. The molecule has 6 nitrogen and oxygen atoms in total. The van der Waals surface area contributed by atoms with Crippen LogP contribution in [0.3, 0.4) is 0 Å². The van der Waals surface area contributed by atoms with Gasteiger partial charge in [-0.2, -0.15) is 0 Å². The van der Waals surface area contributed by atoms with Crippen molar-refractivity contribution in [3.8, 4) is 5.75 Å². The summed E-state index contributed by atoms with van der Waals surface area (Å²) in [5, 5.41) is 9.87. The molecule has 0 saturated heterocycles. The number of nitrogens with one attached hydrogen (secondary N) is 4. The van der Waals surface area contributed by atoms with E-state index in [0.717, 1.165) is 56.9 Å². The number of hydrogen-bond acceptors (Lipinski definition) is 7. The van der Waals surface area contributed by atoms with Gasteiger partial charge in [0.05, 0.1) is 18.5 Å². The predicted octanol–water partition coefficient (Wildman–Crippen LogP) is 6.97. The number of benzene rings is 2. The molecule has 184 valence electrons. The molecular formula is C28H35N5OS. The number of rotatable bonds is 10. The molecule has 0 atom stereocenters. The lowest BCUT2D eigenvalue weighted by atomic mass is 9.98. The van der Waals surface area contributed by atoms with E-state index in [1.54, 1.807) is 7.11 Å². The van der Waals surface area contributed by atoms with Gasteiger partial charge in [0, 0.05) is 48.2 Å². The van der Waals surface area contributed by atoms with Gasteiger partial charge in [-0.3, -0.25) is 0 Å². The molecule has 2 aromatic carbocycles. The lowest BCUT2D eigenvalue weighted by molar-refractivity contribution is 0.415. The highest BCUT2D eigenvalue weighted by molar-refractivity contribution is 7.97. The van der Waals surface area contributed by atoms with E-state index in [9.17, 15) is 0 Å². The first-order valence-electron chi connectivity index (χ1n) is 11.7. The highest BCUT2D eigenvalue weighted by atomic mass is 32.2. The van der Waals surface area contributed by atoms with Crippen LogP contribution in [-0.2, 0) is 0 Å². The van der Waals surface area contributed by atoms with Crippen molar-refractivity contribution < 1.29 is 4.74 Å².